The van der Waals surface area contributed by atoms with Crippen LogP contribution in [0.1, 0.15) is 27.2 Å². The van der Waals surface area contributed by atoms with E-state index in [4.69, 9.17) is 0 Å². The minimum absolute atomic E-state index is 0. The first-order valence-corrected chi connectivity index (χ1v) is 6.01. The molecule has 0 aromatic rings. The Morgan fingerprint density at radius 2 is 1.94 bits per heavy atom. The monoisotopic (exact) mass is 354 g/mol. The number of halogens is 1. The van der Waals surface area contributed by atoms with Crippen LogP contribution in [0.25, 0.3) is 0 Å². The first-order valence-electron chi connectivity index (χ1n) is 6.01. The zero-order valence-corrected chi connectivity index (χ0v) is 14.2. The molecule has 2 unspecified atom stereocenters. The lowest BCUT2D eigenvalue weighted by molar-refractivity contribution is 0.197. The highest BCUT2D eigenvalue weighted by Crippen LogP contribution is 2.28. The molecule has 0 aromatic carbocycles. The molecule has 0 radical (unpaired) electrons. The lowest BCUT2D eigenvalue weighted by atomic mass is 10.0. The summed E-state index contributed by atoms with van der Waals surface area (Å²) in [5, 5.41) is 6.80. The minimum atomic E-state index is 0. The van der Waals surface area contributed by atoms with Crippen molar-refractivity contribution in [2.24, 2.45) is 10.9 Å². The van der Waals surface area contributed by atoms with Gasteiger partial charge in [-0.1, -0.05) is 6.92 Å². The fourth-order valence-corrected chi connectivity index (χ4v) is 1.35. The van der Waals surface area contributed by atoms with Crippen LogP contribution in [-0.4, -0.2) is 50.1 Å². The fourth-order valence-electron chi connectivity index (χ4n) is 1.35. The summed E-state index contributed by atoms with van der Waals surface area (Å²) in [6, 6.07) is 0.619. The van der Waals surface area contributed by atoms with E-state index in [9.17, 15) is 0 Å². The third-order valence-corrected chi connectivity index (χ3v) is 3.55. The minimum Gasteiger partial charge on any atom is -0.355 e. The molecule has 1 fully saturated rings. The molecule has 2 N–H and O–H groups in total. The first-order chi connectivity index (χ1) is 7.36. The molecule has 0 saturated heterocycles. The summed E-state index contributed by atoms with van der Waals surface area (Å²) in [5.41, 5.74) is 0.132. The number of hydrogen-bond donors (Lipinski definition) is 2. The molecular formula is C12H27IN4. The second-order valence-electron chi connectivity index (χ2n) is 5.60. The van der Waals surface area contributed by atoms with Crippen molar-refractivity contribution in [3.05, 3.63) is 0 Å². The van der Waals surface area contributed by atoms with Gasteiger partial charge in [0.2, 0.25) is 0 Å². The van der Waals surface area contributed by atoms with Crippen molar-refractivity contribution < 1.29 is 0 Å². The third kappa shape index (κ3) is 5.42. The van der Waals surface area contributed by atoms with Gasteiger partial charge >= 0.3 is 0 Å². The maximum atomic E-state index is 4.24. The number of nitrogens with zero attached hydrogens (tertiary/aromatic N) is 2. The second kappa shape index (κ2) is 6.78. The maximum absolute atomic E-state index is 4.24. The van der Waals surface area contributed by atoms with Crippen molar-refractivity contribution in [3.8, 4) is 0 Å². The molecule has 0 spiro atoms. The molecular weight excluding hydrogens is 327 g/mol. The molecule has 17 heavy (non-hydrogen) atoms. The van der Waals surface area contributed by atoms with Gasteiger partial charge in [0.25, 0.3) is 0 Å². The molecule has 5 heteroatoms. The van der Waals surface area contributed by atoms with Gasteiger partial charge in [0.05, 0.1) is 0 Å². The van der Waals surface area contributed by atoms with E-state index in [-0.39, 0.29) is 29.5 Å². The van der Waals surface area contributed by atoms with Gasteiger partial charge in [-0.05, 0) is 40.3 Å². The van der Waals surface area contributed by atoms with E-state index in [1.54, 1.807) is 0 Å². The Kier molecular flexibility index (Phi) is 6.76. The third-order valence-electron chi connectivity index (χ3n) is 3.55. The van der Waals surface area contributed by atoms with Crippen LogP contribution >= 0.6 is 24.0 Å². The number of likely N-dealkylation sites (N-methyl/N-ethyl adjacent to an activating group) is 1. The summed E-state index contributed by atoms with van der Waals surface area (Å²) in [5.74, 6) is 1.71. The van der Waals surface area contributed by atoms with E-state index < -0.39 is 0 Å². The SMILES string of the molecule is CN=C(NCC(C)(C)N(C)C)NC1CC1C.I. The average molecular weight is 354 g/mol. The van der Waals surface area contributed by atoms with E-state index in [0.29, 0.717) is 6.04 Å². The van der Waals surface area contributed by atoms with Crippen LogP contribution in [0.3, 0.4) is 0 Å². The molecule has 1 aliphatic carbocycles. The predicted octanol–water partition coefficient (Wildman–Crippen LogP) is 1.52. The zero-order valence-electron chi connectivity index (χ0n) is 11.9. The Morgan fingerprint density at radius 3 is 2.29 bits per heavy atom. The quantitative estimate of drug-likeness (QED) is 0.457. The number of nitrogens with one attached hydrogen (secondary N) is 2. The maximum Gasteiger partial charge on any atom is 0.191 e. The standard InChI is InChI=1S/C12H26N4.HI/c1-9-7-10(9)15-11(13-4)14-8-12(2,3)16(5)6;/h9-10H,7-8H2,1-6H3,(H2,13,14,15);1H. The van der Waals surface area contributed by atoms with E-state index in [1.807, 2.05) is 7.05 Å². The highest BCUT2D eigenvalue weighted by molar-refractivity contribution is 14.0. The smallest absolute Gasteiger partial charge is 0.191 e. The fraction of sp³-hybridized carbons (Fsp3) is 0.917. The number of guanidine groups is 1. The Bertz CT molecular complexity index is 263. The Hall–Kier alpha value is -0.0400. The number of rotatable bonds is 4. The summed E-state index contributed by atoms with van der Waals surface area (Å²) in [6.45, 7) is 7.58. The van der Waals surface area contributed by atoms with Crippen molar-refractivity contribution >= 4 is 29.9 Å². The van der Waals surface area contributed by atoms with Gasteiger partial charge in [0.15, 0.2) is 5.96 Å². The Labute approximate surface area is 123 Å². The summed E-state index contributed by atoms with van der Waals surface area (Å²) in [6.07, 6.45) is 1.26. The van der Waals surface area contributed by atoms with Crippen LogP contribution in [-0.2, 0) is 0 Å². The molecule has 1 aliphatic rings. The lowest BCUT2D eigenvalue weighted by Gasteiger charge is -2.33. The molecule has 0 amide bonds. The molecule has 102 valence electrons. The van der Waals surface area contributed by atoms with Crippen molar-refractivity contribution in [2.75, 3.05) is 27.7 Å². The molecule has 0 bridgehead atoms. The van der Waals surface area contributed by atoms with Crippen LogP contribution in [0.4, 0.5) is 0 Å². The lowest BCUT2D eigenvalue weighted by Crippen LogP contribution is -2.51. The average Bonchev–Trinajstić information content (AvgIpc) is 2.88. The van der Waals surface area contributed by atoms with Gasteiger partial charge in [-0.25, -0.2) is 0 Å². The molecule has 4 nitrogen and oxygen atoms in total. The molecule has 1 rings (SSSR count). The van der Waals surface area contributed by atoms with Gasteiger partial charge in [-0.2, -0.15) is 0 Å². The van der Waals surface area contributed by atoms with Gasteiger partial charge in [-0.3, -0.25) is 4.99 Å². The molecule has 0 aromatic heterocycles. The van der Waals surface area contributed by atoms with E-state index in [0.717, 1.165) is 18.4 Å². The topological polar surface area (TPSA) is 39.7 Å². The van der Waals surface area contributed by atoms with Gasteiger partial charge < -0.3 is 15.5 Å². The highest BCUT2D eigenvalue weighted by atomic mass is 127. The first kappa shape index (κ1) is 17.0. The van der Waals surface area contributed by atoms with Crippen molar-refractivity contribution in [3.63, 3.8) is 0 Å². The number of aliphatic imine (C=N–C) groups is 1. The summed E-state index contributed by atoms with van der Waals surface area (Å²) >= 11 is 0. The number of hydrogen-bond acceptors (Lipinski definition) is 2. The molecule has 0 heterocycles. The van der Waals surface area contributed by atoms with Gasteiger partial charge in [-0.15, -0.1) is 24.0 Å². The summed E-state index contributed by atoms with van der Waals surface area (Å²) in [7, 11) is 6.02. The van der Waals surface area contributed by atoms with Crippen molar-refractivity contribution in [1.29, 1.82) is 0 Å². The second-order valence-corrected chi connectivity index (χ2v) is 5.60. The Morgan fingerprint density at radius 1 is 1.41 bits per heavy atom. The molecule has 2 atom stereocenters. The van der Waals surface area contributed by atoms with Crippen molar-refractivity contribution in [1.82, 2.24) is 15.5 Å². The van der Waals surface area contributed by atoms with Crippen molar-refractivity contribution in [2.45, 2.75) is 38.8 Å². The van der Waals surface area contributed by atoms with E-state index >= 15 is 0 Å². The van der Waals surface area contributed by atoms with E-state index in [2.05, 4.69) is 55.4 Å². The Balaban J connectivity index is 0.00000256. The molecule has 1 saturated carbocycles. The van der Waals surface area contributed by atoms with E-state index in [1.165, 1.54) is 6.42 Å². The molecule has 0 aliphatic heterocycles. The summed E-state index contributed by atoms with van der Waals surface area (Å²) in [4.78, 5) is 6.46. The van der Waals surface area contributed by atoms with Crippen LogP contribution in [0, 0.1) is 5.92 Å². The predicted molar refractivity (Wildman–Crippen MR) is 85.2 cm³/mol. The normalized spacial score (nSPS) is 24.3. The summed E-state index contributed by atoms with van der Waals surface area (Å²) < 4.78 is 0. The van der Waals surface area contributed by atoms with Crippen LogP contribution in [0.15, 0.2) is 4.99 Å². The van der Waals surface area contributed by atoms with Crippen LogP contribution in [0.2, 0.25) is 0 Å². The van der Waals surface area contributed by atoms with Gasteiger partial charge in [0.1, 0.15) is 0 Å². The van der Waals surface area contributed by atoms with Crippen LogP contribution < -0.4 is 10.6 Å². The van der Waals surface area contributed by atoms with Gasteiger partial charge in [0, 0.05) is 25.2 Å². The largest absolute Gasteiger partial charge is 0.355 e. The van der Waals surface area contributed by atoms with Crippen LogP contribution in [0.5, 0.6) is 0 Å². The zero-order chi connectivity index (χ0) is 12.3. The highest BCUT2D eigenvalue weighted by Gasteiger charge is 2.33.